The van der Waals surface area contributed by atoms with Crippen LogP contribution in [0.5, 0.6) is 0 Å². The van der Waals surface area contributed by atoms with E-state index in [4.69, 9.17) is 4.74 Å². The second-order valence-corrected chi connectivity index (χ2v) is 7.99. The van der Waals surface area contributed by atoms with E-state index >= 15 is 0 Å². The quantitative estimate of drug-likeness (QED) is 0.835. The first-order chi connectivity index (χ1) is 11.4. The average molecular weight is 331 g/mol. The number of rotatable bonds is 3. The number of anilines is 1. The van der Waals surface area contributed by atoms with Crippen molar-refractivity contribution in [2.24, 2.45) is 0 Å². The minimum atomic E-state index is -0.502. The lowest BCUT2D eigenvalue weighted by Crippen LogP contribution is -2.47. The Morgan fingerprint density at radius 3 is 2.58 bits per heavy atom. The van der Waals surface area contributed by atoms with Crippen LogP contribution in [0.15, 0.2) is 18.3 Å². The van der Waals surface area contributed by atoms with E-state index in [9.17, 15) is 4.79 Å². The van der Waals surface area contributed by atoms with Crippen LogP contribution in [0.2, 0.25) is 0 Å². The van der Waals surface area contributed by atoms with Crippen LogP contribution in [0.4, 0.5) is 10.6 Å². The molecule has 5 heteroatoms. The Morgan fingerprint density at radius 1 is 1.29 bits per heavy atom. The molecule has 1 aliphatic carbocycles. The van der Waals surface area contributed by atoms with Crippen molar-refractivity contribution in [3.05, 3.63) is 23.9 Å². The second kappa shape index (κ2) is 6.71. The number of hydrogen-bond acceptors (Lipinski definition) is 4. The van der Waals surface area contributed by atoms with Crippen LogP contribution in [-0.2, 0) is 4.74 Å². The molecule has 0 N–H and O–H groups in total. The molecule has 24 heavy (non-hydrogen) atoms. The summed E-state index contributed by atoms with van der Waals surface area (Å²) in [6, 6.07) is 4.63. The maximum Gasteiger partial charge on any atom is 0.416 e. The zero-order valence-electron chi connectivity index (χ0n) is 15.3. The van der Waals surface area contributed by atoms with E-state index in [-0.39, 0.29) is 12.1 Å². The van der Waals surface area contributed by atoms with E-state index in [2.05, 4.69) is 23.0 Å². The van der Waals surface area contributed by atoms with Gasteiger partial charge in [-0.3, -0.25) is 9.80 Å². The fraction of sp³-hybridized carbons (Fsp3) is 0.684. The number of aromatic nitrogens is 1. The highest BCUT2D eigenvalue weighted by atomic mass is 16.6. The van der Waals surface area contributed by atoms with Crippen molar-refractivity contribution in [1.82, 2.24) is 9.88 Å². The maximum atomic E-state index is 12.9. The van der Waals surface area contributed by atoms with Crippen LogP contribution in [0, 0.1) is 0 Å². The summed E-state index contributed by atoms with van der Waals surface area (Å²) in [5, 5.41) is 0. The van der Waals surface area contributed by atoms with Crippen LogP contribution in [0.1, 0.15) is 64.5 Å². The lowest BCUT2D eigenvalue weighted by Gasteiger charge is -2.39. The number of ether oxygens (including phenoxy) is 1. The first-order valence-electron chi connectivity index (χ1n) is 9.04. The highest BCUT2D eigenvalue weighted by Gasteiger charge is 2.37. The van der Waals surface area contributed by atoms with Gasteiger partial charge in [-0.15, -0.1) is 0 Å². The Morgan fingerprint density at radius 2 is 2.04 bits per heavy atom. The van der Waals surface area contributed by atoms with Crippen molar-refractivity contribution in [2.75, 3.05) is 18.5 Å². The van der Waals surface area contributed by atoms with Gasteiger partial charge in [-0.25, -0.2) is 9.78 Å². The Kier molecular flexibility index (Phi) is 4.81. The van der Waals surface area contributed by atoms with Crippen molar-refractivity contribution in [3.63, 3.8) is 0 Å². The molecule has 1 amide bonds. The molecule has 2 fully saturated rings. The number of pyridine rings is 1. The molecule has 1 aliphatic heterocycles. The van der Waals surface area contributed by atoms with Crippen molar-refractivity contribution in [1.29, 1.82) is 0 Å². The standard InChI is InChI=1S/C19H29N3O2/c1-19(2,3)24-18(23)22(14-8-5-9-14)17-15(10-6-12-20-17)16-11-7-13-21(16)4/h6,10,12,14,16H,5,7-9,11,13H2,1-4H3/t16-/m1/s1. The molecule has 0 bridgehead atoms. The topological polar surface area (TPSA) is 45.7 Å². The maximum absolute atomic E-state index is 12.9. The molecule has 132 valence electrons. The molecule has 0 unspecified atom stereocenters. The molecule has 1 atom stereocenters. The molecule has 1 aromatic heterocycles. The Balaban J connectivity index is 1.94. The van der Waals surface area contributed by atoms with Gasteiger partial charge < -0.3 is 4.74 Å². The number of carbonyl (C=O) groups excluding carboxylic acids is 1. The Labute approximate surface area is 145 Å². The monoisotopic (exact) mass is 331 g/mol. The summed E-state index contributed by atoms with van der Waals surface area (Å²) in [6.07, 6.45) is 7.02. The van der Waals surface area contributed by atoms with E-state index in [1.165, 1.54) is 6.42 Å². The van der Waals surface area contributed by atoms with Crippen molar-refractivity contribution in [3.8, 4) is 0 Å². The van der Waals surface area contributed by atoms with Gasteiger partial charge in [0.05, 0.1) is 0 Å². The summed E-state index contributed by atoms with van der Waals surface area (Å²) < 4.78 is 5.69. The molecular formula is C19H29N3O2. The van der Waals surface area contributed by atoms with Crippen LogP contribution in [-0.4, -0.2) is 41.2 Å². The summed E-state index contributed by atoms with van der Waals surface area (Å²) in [7, 11) is 2.15. The van der Waals surface area contributed by atoms with Gasteiger partial charge in [-0.05, 0) is 72.5 Å². The van der Waals surface area contributed by atoms with Crippen molar-refractivity contribution < 1.29 is 9.53 Å². The predicted octanol–water partition coefficient (Wildman–Crippen LogP) is 4.14. The molecule has 1 saturated heterocycles. The summed E-state index contributed by atoms with van der Waals surface area (Å²) in [6.45, 7) is 6.82. The van der Waals surface area contributed by atoms with Gasteiger partial charge >= 0.3 is 6.09 Å². The van der Waals surface area contributed by atoms with Gasteiger partial charge in [-0.2, -0.15) is 0 Å². The van der Waals surface area contributed by atoms with Crippen LogP contribution in [0.3, 0.4) is 0 Å². The van der Waals surface area contributed by atoms with E-state index in [0.717, 1.165) is 43.6 Å². The predicted molar refractivity (Wildman–Crippen MR) is 95.2 cm³/mol. The molecule has 2 heterocycles. The highest BCUT2D eigenvalue weighted by Crippen LogP contribution is 2.38. The second-order valence-electron chi connectivity index (χ2n) is 7.99. The minimum absolute atomic E-state index is 0.209. The summed E-state index contributed by atoms with van der Waals surface area (Å²) >= 11 is 0. The molecule has 5 nitrogen and oxygen atoms in total. The molecule has 0 aromatic carbocycles. The smallest absolute Gasteiger partial charge is 0.416 e. The lowest BCUT2D eigenvalue weighted by molar-refractivity contribution is 0.0547. The van der Waals surface area contributed by atoms with E-state index < -0.39 is 5.60 Å². The van der Waals surface area contributed by atoms with Gasteiger partial charge in [0.15, 0.2) is 0 Å². The zero-order chi connectivity index (χ0) is 17.3. The van der Waals surface area contributed by atoms with Gasteiger partial charge in [0.1, 0.15) is 11.4 Å². The largest absolute Gasteiger partial charge is 0.443 e. The number of hydrogen-bond donors (Lipinski definition) is 0. The highest BCUT2D eigenvalue weighted by molar-refractivity contribution is 5.88. The van der Waals surface area contributed by atoms with Gasteiger partial charge in [0.2, 0.25) is 0 Å². The molecule has 2 aliphatic rings. The number of likely N-dealkylation sites (tertiary alicyclic amines) is 1. The summed E-state index contributed by atoms with van der Waals surface area (Å²) in [4.78, 5) is 21.7. The van der Waals surface area contributed by atoms with Crippen LogP contribution < -0.4 is 4.90 Å². The Bertz CT molecular complexity index is 593. The fourth-order valence-corrected chi connectivity index (χ4v) is 3.54. The van der Waals surface area contributed by atoms with Gasteiger partial charge in [0, 0.05) is 23.8 Å². The third kappa shape index (κ3) is 3.56. The molecule has 0 spiro atoms. The first-order valence-corrected chi connectivity index (χ1v) is 9.04. The SMILES string of the molecule is CN1CCC[C@@H]1c1cccnc1N(C(=O)OC(C)(C)C)C1CCC1. The molecule has 1 aromatic rings. The Hall–Kier alpha value is -1.62. The van der Waals surface area contributed by atoms with Crippen molar-refractivity contribution >= 4 is 11.9 Å². The van der Waals surface area contributed by atoms with Crippen LogP contribution in [0.25, 0.3) is 0 Å². The fourth-order valence-electron chi connectivity index (χ4n) is 3.54. The molecule has 0 radical (unpaired) electrons. The summed E-state index contributed by atoms with van der Waals surface area (Å²) in [5.74, 6) is 0.787. The lowest BCUT2D eigenvalue weighted by atomic mass is 9.91. The third-order valence-electron chi connectivity index (χ3n) is 4.95. The van der Waals surface area contributed by atoms with E-state index in [0.29, 0.717) is 6.04 Å². The van der Waals surface area contributed by atoms with E-state index in [1.807, 2.05) is 31.7 Å². The van der Waals surface area contributed by atoms with Gasteiger partial charge in [-0.1, -0.05) is 6.07 Å². The first kappa shape index (κ1) is 17.2. The zero-order valence-corrected chi connectivity index (χ0v) is 15.3. The normalized spacial score (nSPS) is 22.2. The molecule has 3 rings (SSSR count). The number of nitrogens with zero attached hydrogens (tertiary/aromatic N) is 3. The third-order valence-corrected chi connectivity index (χ3v) is 4.95. The van der Waals surface area contributed by atoms with E-state index in [1.54, 1.807) is 6.20 Å². The average Bonchev–Trinajstić information content (AvgIpc) is 2.87. The van der Waals surface area contributed by atoms with Gasteiger partial charge in [0.25, 0.3) is 0 Å². The van der Waals surface area contributed by atoms with Crippen molar-refractivity contribution in [2.45, 2.75) is 70.6 Å². The number of amides is 1. The van der Waals surface area contributed by atoms with Crippen LogP contribution >= 0.6 is 0 Å². The number of carbonyl (C=O) groups is 1. The summed E-state index contributed by atoms with van der Waals surface area (Å²) in [5.41, 5.74) is 0.647. The minimum Gasteiger partial charge on any atom is -0.443 e. The molecule has 1 saturated carbocycles. The molecular weight excluding hydrogens is 302 g/mol.